The van der Waals surface area contributed by atoms with E-state index in [9.17, 15) is 8.42 Å². The predicted molar refractivity (Wildman–Crippen MR) is 88.6 cm³/mol. The van der Waals surface area contributed by atoms with Crippen LogP contribution in [-0.4, -0.2) is 62.0 Å². The van der Waals surface area contributed by atoms with Gasteiger partial charge in [0, 0.05) is 38.9 Å². The molecule has 2 heterocycles. The minimum absolute atomic E-state index is 0.195. The summed E-state index contributed by atoms with van der Waals surface area (Å²) >= 11 is 0. The number of sulfonamides is 1. The molecule has 0 bridgehead atoms. The van der Waals surface area contributed by atoms with Crippen LogP contribution in [0.25, 0.3) is 0 Å². The number of ether oxygens (including phenoxy) is 1. The van der Waals surface area contributed by atoms with Crippen LogP contribution in [0.2, 0.25) is 0 Å². The van der Waals surface area contributed by atoms with E-state index in [4.69, 9.17) is 4.74 Å². The first-order valence-corrected chi connectivity index (χ1v) is 9.76. The maximum atomic E-state index is 12.4. The Morgan fingerprint density at radius 3 is 2.48 bits per heavy atom. The topological polar surface area (TPSA) is 76.5 Å². The summed E-state index contributed by atoms with van der Waals surface area (Å²) in [5.74, 6) is 0.463. The number of rotatable bonds is 8. The van der Waals surface area contributed by atoms with E-state index >= 15 is 0 Å². The average molecular weight is 344 g/mol. The van der Waals surface area contributed by atoms with Gasteiger partial charge in [0.05, 0.1) is 19.4 Å². The number of aryl methyl sites for hydroxylation is 1. The normalized spacial score (nSPS) is 18.4. The largest absolute Gasteiger partial charge is 0.379 e. The van der Waals surface area contributed by atoms with Crippen LogP contribution in [0.1, 0.15) is 26.7 Å². The number of morpholine rings is 1. The predicted octanol–water partition coefficient (Wildman–Crippen LogP) is 0.835. The Morgan fingerprint density at radius 2 is 1.96 bits per heavy atom. The lowest BCUT2D eigenvalue weighted by molar-refractivity contribution is 0.00297. The molecule has 0 aromatic carbocycles. The summed E-state index contributed by atoms with van der Waals surface area (Å²) in [6.07, 6.45) is 4.96. The van der Waals surface area contributed by atoms with Crippen molar-refractivity contribution in [3.8, 4) is 0 Å². The number of nitrogens with one attached hydrogen (secondary N) is 1. The minimum Gasteiger partial charge on any atom is -0.379 e. The molecule has 23 heavy (non-hydrogen) atoms. The smallest absolute Gasteiger partial charge is 0.243 e. The first-order chi connectivity index (χ1) is 11.0. The van der Waals surface area contributed by atoms with Gasteiger partial charge < -0.3 is 4.74 Å². The lowest BCUT2D eigenvalue weighted by atomic mass is 9.92. The molecule has 0 radical (unpaired) electrons. The van der Waals surface area contributed by atoms with Gasteiger partial charge in [0.1, 0.15) is 4.90 Å². The molecule has 1 N–H and O–H groups in total. The summed E-state index contributed by atoms with van der Waals surface area (Å²) in [6.45, 7) is 7.89. The summed E-state index contributed by atoms with van der Waals surface area (Å²) in [6, 6.07) is 0.195. The molecule has 0 aliphatic carbocycles. The van der Waals surface area contributed by atoms with E-state index in [1.165, 1.54) is 17.1 Å². The Labute approximate surface area is 139 Å². The van der Waals surface area contributed by atoms with Crippen LogP contribution in [0.15, 0.2) is 17.3 Å². The number of nitrogens with zero attached hydrogens (tertiary/aromatic N) is 3. The van der Waals surface area contributed by atoms with Crippen molar-refractivity contribution in [3.05, 3.63) is 12.4 Å². The first kappa shape index (κ1) is 18.4. The van der Waals surface area contributed by atoms with Crippen LogP contribution in [-0.2, 0) is 21.8 Å². The quantitative estimate of drug-likeness (QED) is 0.756. The van der Waals surface area contributed by atoms with Crippen molar-refractivity contribution in [1.82, 2.24) is 19.4 Å². The second-order valence-electron chi connectivity index (χ2n) is 5.99. The third-order valence-electron chi connectivity index (χ3n) is 4.58. The van der Waals surface area contributed by atoms with Crippen molar-refractivity contribution in [2.24, 2.45) is 13.0 Å². The average Bonchev–Trinajstić information content (AvgIpc) is 2.99. The van der Waals surface area contributed by atoms with E-state index in [-0.39, 0.29) is 10.9 Å². The summed E-state index contributed by atoms with van der Waals surface area (Å²) < 4.78 is 34.5. The second kappa shape index (κ2) is 8.23. The molecule has 1 aromatic heterocycles. The zero-order valence-corrected chi connectivity index (χ0v) is 15.1. The summed E-state index contributed by atoms with van der Waals surface area (Å²) in [7, 11) is -1.81. The van der Waals surface area contributed by atoms with Gasteiger partial charge in [-0.3, -0.25) is 9.58 Å². The molecule has 1 aliphatic heterocycles. The molecule has 2 rings (SSSR count). The molecule has 1 fully saturated rings. The lowest BCUT2D eigenvalue weighted by Gasteiger charge is -2.38. The van der Waals surface area contributed by atoms with Gasteiger partial charge in [-0.2, -0.15) is 5.10 Å². The summed E-state index contributed by atoms with van der Waals surface area (Å²) in [4.78, 5) is 2.57. The molecule has 0 saturated carbocycles. The van der Waals surface area contributed by atoms with Crippen molar-refractivity contribution in [2.45, 2.75) is 37.6 Å². The maximum absolute atomic E-state index is 12.4. The SMILES string of the molecule is CCC(CC)C(CNS(=O)(=O)c1cnn(C)c1)N1CCOCC1. The molecule has 1 unspecified atom stereocenters. The molecular formula is C15H28N4O3S. The summed E-state index contributed by atoms with van der Waals surface area (Å²) in [5.41, 5.74) is 0. The number of hydrogen-bond donors (Lipinski definition) is 1. The molecule has 1 atom stereocenters. The highest BCUT2D eigenvalue weighted by Gasteiger charge is 2.28. The van der Waals surface area contributed by atoms with E-state index < -0.39 is 10.0 Å². The van der Waals surface area contributed by atoms with Crippen LogP contribution >= 0.6 is 0 Å². The van der Waals surface area contributed by atoms with Gasteiger partial charge in [0.25, 0.3) is 0 Å². The van der Waals surface area contributed by atoms with Crippen molar-refractivity contribution in [2.75, 3.05) is 32.8 Å². The Kier molecular flexibility index (Phi) is 6.58. The zero-order valence-electron chi connectivity index (χ0n) is 14.2. The maximum Gasteiger partial charge on any atom is 0.243 e. The molecule has 132 valence electrons. The van der Waals surface area contributed by atoms with Crippen LogP contribution in [0.4, 0.5) is 0 Å². The molecule has 1 aromatic rings. The fourth-order valence-corrected chi connectivity index (χ4v) is 4.19. The highest BCUT2D eigenvalue weighted by atomic mass is 32.2. The lowest BCUT2D eigenvalue weighted by Crippen LogP contribution is -2.52. The highest BCUT2D eigenvalue weighted by Crippen LogP contribution is 2.20. The van der Waals surface area contributed by atoms with Crippen molar-refractivity contribution >= 4 is 10.0 Å². The summed E-state index contributed by atoms with van der Waals surface area (Å²) in [5, 5.41) is 3.94. The molecular weight excluding hydrogens is 316 g/mol. The van der Waals surface area contributed by atoms with Gasteiger partial charge in [-0.1, -0.05) is 26.7 Å². The van der Waals surface area contributed by atoms with Gasteiger partial charge in [0.15, 0.2) is 0 Å². The Balaban J connectivity index is 2.07. The van der Waals surface area contributed by atoms with E-state index in [0.717, 1.165) is 25.9 Å². The Morgan fingerprint density at radius 1 is 1.30 bits per heavy atom. The van der Waals surface area contributed by atoms with E-state index in [0.29, 0.717) is 25.7 Å². The van der Waals surface area contributed by atoms with Gasteiger partial charge in [-0.25, -0.2) is 13.1 Å². The fourth-order valence-electron chi connectivity index (χ4n) is 3.15. The molecule has 7 nitrogen and oxygen atoms in total. The van der Waals surface area contributed by atoms with Crippen LogP contribution in [0.5, 0.6) is 0 Å². The molecule has 0 amide bonds. The second-order valence-corrected chi connectivity index (χ2v) is 7.76. The third kappa shape index (κ3) is 4.76. The highest BCUT2D eigenvalue weighted by molar-refractivity contribution is 7.89. The number of aromatic nitrogens is 2. The van der Waals surface area contributed by atoms with Crippen LogP contribution in [0, 0.1) is 5.92 Å². The van der Waals surface area contributed by atoms with E-state index in [1.807, 2.05) is 0 Å². The van der Waals surface area contributed by atoms with Crippen molar-refractivity contribution in [1.29, 1.82) is 0 Å². The minimum atomic E-state index is -3.51. The van der Waals surface area contributed by atoms with Crippen LogP contribution in [0.3, 0.4) is 0 Å². The molecule has 0 spiro atoms. The molecule has 8 heteroatoms. The van der Waals surface area contributed by atoms with E-state index in [1.54, 1.807) is 7.05 Å². The van der Waals surface area contributed by atoms with E-state index in [2.05, 4.69) is 28.6 Å². The van der Waals surface area contributed by atoms with Gasteiger partial charge in [0.2, 0.25) is 10.0 Å². The number of hydrogen-bond acceptors (Lipinski definition) is 5. The van der Waals surface area contributed by atoms with Crippen LogP contribution < -0.4 is 4.72 Å². The fraction of sp³-hybridized carbons (Fsp3) is 0.800. The first-order valence-electron chi connectivity index (χ1n) is 8.28. The third-order valence-corrected chi connectivity index (χ3v) is 5.96. The standard InChI is InChI=1S/C15H28N4O3S/c1-4-13(5-2)15(19-6-8-22-9-7-19)11-17-23(20,21)14-10-16-18(3)12-14/h10,12-13,15,17H,4-9,11H2,1-3H3. The van der Waals surface area contributed by atoms with Crippen molar-refractivity contribution in [3.63, 3.8) is 0 Å². The molecule has 1 aliphatic rings. The van der Waals surface area contributed by atoms with Gasteiger partial charge >= 0.3 is 0 Å². The zero-order chi connectivity index (χ0) is 16.9. The Bertz CT molecular complexity index is 577. The van der Waals surface area contributed by atoms with Crippen molar-refractivity contribution < 1.29 is 13.2 Å². The monoisotopic (exact) mass is 344 g/mol. The Hall–Kier alpha value is -0.960. The molecule has 1 saturated heterocycles. The van der Waals surface area contributed by atoms with Gasteiger partial charge in [-0.05, 0) is 5.92 Å². The van der Waals surface area contributed by atoms with Gasteiger partial charge in [-0.15, -0.1) is 0 Å².